The van der Waals surface area contributed by atoms with Crippen molar-refractivity contribution in [3.05, 3.63) is 90.1 Å². The number of carbonyl (C=O) groups excluding carboxylic acids is 1. The maximum atomic E-state index is 12.5. The monoisotopic (exact) mass is 450 g/mol. The van der Waals surface area contributed by atoms with Gasteiger partial charge in [0, 0.05) is 17.4 Å². The first-order valence-corrected chi connectivity index (χ1v) is 10.8. The molecule has 34 heavy (non-hydrogen) atoms. The van der Waals surface area contributed by atoms with E-state index in [2.05, 4.69) is 20.5 Å². The number of pyridine rings is 1. The third kappa shape index (κ3) is 4.33. The van der Waals surface area contributed by atoms with Gasteiger partial charge in [-0.3, -0.25) is 9.78 Å². The van der Waals surface area contributed by atoms with Gasteiger partial charge in [-0.2, -0.15) is 9.61 Å². The van der Waals surface area contributed by atoms with Crippen molar-refractivity contribution < 1.29 is 9.53 Å². The maximum absolute atomic E-state index is 12.5. The number of rotatable bonds is 6. The molecule has 0 saturated carbocycles. The minimum Gasteiger partial charge on any atom is -0.483 e. The molecule has 2 aromatic carbocycles. The maximum Gasteiger partial charge on any atom is 0.262 e. The van der Waals surface area contributed by atoms with Crippen LogP contribution in [0.4, 0.5) is 5.69 Å². The number of hydrogen-bond acceptors (Lipinski definition) is 6. The molecule has 0 atom stereocenters. The van der Waals surface area contributed by atoms with Gasteiger partial charge >= 0.3 is 0 Å². The van der Waals surface area contributed by atoms with Gasteiger partial charge in [-0.1, -0.05) is 30.3 Å². The van der Waals surface area contributed by atoms with Crippen molar-refractivity contribution in [1.82, 2.24) is 24.8 Å². The number of ether oxygens (including phenoxy) is 1. The predicted octanol–water partition coefficient (Wildman–Crippen LogP) is 4.49. The highest BCUT2D eigenvalue weighted by atomic mass is 16.5. The second-order valence-corrected chi connectivity index (χ2v) is 7.84. The molecule has 3 aromatic heterocycles. The fourth-order valence-electron chi connectivity index (χ4n) is 3.57. The van der Waals surface area contributed by atoms with Gasteiger partial charge in [-0.05, 0) is 67.4 Å². The second-order valence-electron chi connectivity index (χ2n) is 7.84. The Morgan fingerprint density at radius 1 is 0.941 bits per heavy atom. The van der Waals surface area contributed by atoms with E-state index in [9.17, 15) is 4.79 Å². The summed E-state index contributed by atoms with van der Waals surface area (Å²) in [7, 11) is 0. The van der Waals surface area contributed by atoms with Crippen LogP contribution in [0.1, 0.15) is 11.1 Å². The standard InChI is InChI=1S/C26H22N6O2/c1-17-7-5-11-23(18(17)2)34-16-25(33)28-20-9-6-8-19(15-20)21-12-13-24-29-30-26(32(24)31-21)22-10-3-4-14-27-22/h3-15H,16H2,1-2H3,(H,28,33). The molecule has 0 saturated heterocycles. The van der Waals surface area contributed by atoms with Gasteiger partial charge in [0.05, 0.1) is 5.69 Å². The molecule has 168 valence electrons. The SMILES string of the molecule is Cc1cccc(OCC(=O)Nc2cccc(-c3ccc4nnc(-c5ccccn5)n4n3)c2)c1C. The molecule has 0 bridgehead atoms. The molecule has 3 heterocycles. The highest BCUT2D eigenvalue weighted by Crippen LogP contribution is 2.23. The first-order chi connectivity index (χ1) is 16.6. The average molecular weight is 451 g/mol. The lowest BCUT2D eigenvalue weighted by atomic mass is 10.1. The van der Waals surface area contributed by atoms with E-state index in [1.54, 1.807) is 10.7 Å². The van der Waals surface area contributed by atoms with E-state index in [1.165, 1.54) is 0 Å². The van der Waals surface area contributed by atoms with Gasteiger partial charge in [-0.25, -0.2) is 0 Å². The molecule has 0 aliphatic rings. The second kappa shape index (κ2) is 9.11. The Kier molecular flexibility index (Phi) is 5.70. The van der Waals surface area contributed by atoms with Crippen LogP contribution in [0.2, 0.25) is 0 Å². The van der Waals surface area contributed by atoms with Crippen molar-refractivity contribution in [2.75, 3.05) is 11.9 Å². The third-order valence-corrected chi connectivity index (χ3v) is 5.51. The van der Waals surface area contributed by atoms with E-state index in [1.807, 2.05) is 86.6 Å². The van der Waals surface area contributed by atoms with E-state index in [0.717, 1.165) is 16.7 Å². The van der Waals surface area contributed by atoms with Gasteiger partial charge in [-0.15, -0.1) is 10.2 Å². The minimum atomic E-state index is -0.238. The van der Waals surface area contributed by atoms with Gasteiger partial charge < -0.3 is 10.1 Å². The molecule has 8 heteroatoms. The Morgan fingerprint density at radius 2 is 1.82 bits per heavy atom. The first-order valence-electron chi connectivity index (χ1n) is 10.8. The topological polar surface area (TPSA) is 94.3 Å². The van der Waals surface area contributed by atoms with Gasteiger partial charge in [0.1, 0.15) is 11.4 Å². The molecule has 0 aliphatic carbocycles. The van der Waals surface area contributed by atoms with Crippen molar-refractivity contribution in [1.29, 1.82) is 0 Å². The summed E-state index contributed by atoms with van der Waals surface area (Å²) in [5.74, 6) is 1.03. The Morgan fingerprint density at radius 3 is 2.68 bits per heavy atom. The lowest BCUT2D eigenvalue weighted by Gasteiger charge is -2.11. The predicted molar refractivity (Wildman–Crippen MR) is 129 cm³/mol. The number of anilines is 1. The Labute approximate surface area is 196 Å². The molecule has 0 unspecified atom stereocenters. The van der Waals surface area contributed by atoms with Crippen molar-refractivity contribution in [2.45, 2.75) is 13.8 Å². The lowest BCUT2D eigenvalue weighted by molar-refractivity contribution is -0.118. The van der Waals surface area contributed by atoms with Gasteiger partial charge in [0.25, 0.3) is 5.91 Å². The van der Waals surface area contributed by atoms with Crippen LogP contribution < -0.4 is 10.1 Å². The number of benzene rings is 2. The summed E-state index contributed by atoms with van der Waals surface area (Å²) in [5, 5.41) is 16.0. The minimum absolute atomic E-state index is 0.0765. The van der Waals surface area contributed by atoms with Crippen LogP contribution in [0.3, 0.4) is 0 Å². The quantitative estimate of drug-likeness (QED) is 0.410. The molecular weight excluding hydrogens is 428 g/mol. The average Bonchev–Trinajstić information content (AvgIpc) is 3.29. The van der Waals surface area contributed by atoms with Crippen LogP contribution in [-0.2, 0) is 4.79 Å². The van der Waals surface area contributed by atoms with Crippen molar-refractivity contribution >= 4 is 17.2 Å². The molecule has 1 amide bonds. The number of aromatic nitrogens is 5. The number of fused-ring (bicyclic) bond motifs is 1. The molecule has 1 N–H and O–H groups in total. The third-order valence-electron chi connectivity index (χ3n) is 5.51. The zero-order chi connectivity index (χ0) is 23.5. The Hall–Kier alpha value is -4.59. The highest BCUT2D eigenvalue weighted by Gasteiger charge is 2.12. The molecular formula is C26H22N6O2. The van der Waals surface area contributed by atoms with E-state index in [4.69, 9.17) is 9.84 Å². The van der Waals surface area contributed by atoms with Crippen molar-refractivity contribution in [3.8, 4) is 28.5 Å². The summed E-state index contributed by atoms with van der Waals surface area (Å²) in [6.45, 7) is 3.91. The highest BCUT2D eigenvalue weighted by molar-refractivity contribution is 5.92. The number of nitrogens with zero attached hydrogens (tertiary/aromatic N) is 5. The Bertz CT molecular complexity index is 1480. The van der Waals surface area contributed by atoms with Crippen LogP contribution in [0.25, 0.3) is 28.4 Å². The first kappa shape index (κ1) is 21.3. The van der Waals surface area contributed by atoms with Crippen LogP contribution in [-0.4, -0.2) is 37.3 Å². The summed E-state index contributed by atoms with van der Waals surface area (Å²) in [6, 6.07) is 22.6. The molecule has 8 nitrogen and oxygen atoms in total. The fourth-order valence-corrected chi connectivity index (χ4v) is 3.57. The fraction of sp³-hybridized carbons (Fsp3) is 0.115. The number of aryl methyl sites for hydroxylation is 1. The number of carbonyl (C=O) groups is 1. The Balaban J connectivity index is 1.34. The van der Waals surface area contributed by atoms with Crippen molar-refractivity contribution in [2.24, 2.45) is 0 Å². The van der Waals surface area contributed by atoms with Crippen LogP contribution in [0, 0.1) is 13.8 Å². The van der Waals surface area contributed by atoms with E-state index < -0.39 is 0 Å². The largest absolute Gasteiger partial charge is 0.483 e. The van der Waals surface area contributed by atoms with E-state index in [-0.39, 0.29) is 12.5 Å². The summed E-state index contributed by atoms with van der Waals surface area (Å²) in [5.41, 5.74) is 5.67. The van der Waals surface area contributed by atoms with Crippen LogP contribution in [0.5, 0.6) is 5.75 Å². The molecule has 5 rings (SSSR count). The van der Waals surface area contributed by atoms with Crippen LogP contribution >= 0.6 is 0 Å². The summed E-state index contributed by atoms with van der Waals surface area (Å²) < 4.78 is 7.38. The molecule has 0 spiro atoms. The summed E-state index contributed by atoms with van der Waals surface area (Å²) in [6.07, 6.45) is 1.70. The van der Waals surface area contributed by atoms with Gasteiger partial charge in [0.15, 0.2) is 12.3 Å². The lowest BCUT2D eigenvalue weighted by Crippen LogP contribution is -2.20. The van der Waals surface area contributed by atoms with Crippen molar-refractivity contribution in [3.63, 3.8) is 0 Å². The summed E-state index contributed by atoms with van der Waals surface area (Å²) in [4.78, 5) is 16.8. The normalized spacial score (nSPS) is 10.9. The number of amides is 1. The zero-order valence-corrected chi connectivity index (χ0v) is 18.8. The molecule has 5 aromatic rings. The number of nitrogens with one attached hydrogen (secondary N) is 1. The molecule has 0 aliphatic heterocycles. The van der Waals surface area contributed by atoms with Gasteiger partial charge in [0.2, 0.25) is 5.82 Å². The van der Waals surface area contributed by atoms with Crippen LogP contribution in [0.15, 0.2) is 79.0 Å². The van der Waals surface area contributed by atoms with E-state index >= 15 is 0 Å². The summed E-state index contributed by atoms with van der Waals surface area (Å²) >= 11 is 0. The zero-order valence-electron chi connectivity index (χ0n) is 18.8. The molecule has 0 radical (unpaired) electrons. The van der Waals surface area contributed by atoms with E-state index in [0.29, 0.717) is 34.3 Å². The number of hydrogen-bond donors (Lipinski definition) is 1. The smallest absolute Gasteiger partial charge is 0.262 e. The molecule has 0 fully saturated rings.